The zero-order valence-corrected chi connectivity index (χ0v) is 18.0. The van der Waals surface area contributed by atoms with Gasteiger partial charge in [0.1, 0.15) is 5.75 Å². The predicted octanol–water partition coefficient (Wildman–Crippen LogP) is 4.56. The van der Waals surface area contributed by atoms with Crippen LogP contribution < -0.4 is 10.2 Å². The van der Waals surface area contributed by atoms with E-state index in [1.807, 2.05) is 30.5 Å². The summed E-state index contributed by atoms with van der Waals surface area (Å²) in [6.07, 6.45) is 0.150. The molecular weight excluding hydrogens is 400 g/mol. The number of Topliss-reactive ketones (excluding diaryl/α,β-unsaturated/α-hetero) is 1. The smallest absolute Gasteiger partial charge is 0.240 e. The molecule has 0 unspecified atom stereocenters. The minimum Gasteiger partial charge on any atom is -0.496 e. The number of nitrogens with one attached hydrogen (secondary N) is 1. The van der Waals surface area contributed by atoms with Gasteiger partial charge in [-0.05, 0) is 19.1 Å². The highest BCUT2D eigenvalue weighted by Gasteiger charge is 2.13. The van der Waals surface area contributed by atoms with Gasteiger partial charge in [-0.25, -0.2) is 5.43 Å². The molecule has 0 aliphatic heterocycles. The van der Waals surface area contributed by atoms with E-state index in [1.54, 1.807) is 43.8 Å². The lowest BCUT2D eigenvalue weighted by Crippen LogP contribution is -2.20. The molecule has 0 radical (unpaired) electrons. The van der Waals surface area contributed by atoms with Crippen LogP contribution in [0.2, 0.25) is 0 Å². The zero-order valence-electron chi connectivity index (χ0n) is 17.2. The standard InChI is InChI=1S/C23H24N2O4S/c1-15(19-14-30-22-7-5-4-6-18(19)22)24-25-23(27)11-10-20(26)16-8-9-17(13-28-2)21(12-16)29-3/h4-9,12,14H,10-11,13H2,1-3H3,(H,25,27)/b24-15+. The number of methoxy groups -OCH3 is 2. The maximum absolute atomic E-state index is 12.5. The van der Waals surface area contributed by atoms with Crippen LogP contribution in [-0.4, -0.2) is 31.6 Å². The lowest BCUT2D eigenvalue weighted by atomic mass is 10.0. The zero-order chi connectivity index (χ0) is 21.5. The summed E-state index contributed by atoms with van der Waals surface area (Å²) in [6, 6.07) is 13.3. The third kappa shape index (κ3) is 5.11. The van der Waals surface area contributed by atoms with Gasteiger partial charge in [-0.2, -0.15) is 5.10 Å². The van der Waals surface area contributed by atoms with Crippen LogP contribution in [0.3, 0.4) is 0 Å². The first-order valence-corrected chi connectivity index (χ1v) is 10.4. The summed E-state index contributed by atoms with van der Waals surface area (Å²) in [6.45, 7) is 2.25. The van der Waals surface area contributed by atoms with E-state index in [2.05, 4.69) is 16.6 Å². The fourth-order valence-electron chi connectivity index (χ4n) is 3.08. The summed E-state index contributed by atoms with van der Waals surface area (Å²) in [5.41, 5.74) is 5.64. The lowest BCUT2D eigenvalue weighted by molar-refractivity contribution is -0.121. The summed E-state index contributed by atoms with van der Waals surface area (Å²) >= 11 is 1.64. The number of amides is 1. The Kier molecular flexibility index (Phi) is 7.32. The molecule has 156 valence electrons. The van der Waals surface area contributed by atoms with E-state index in [0.717, 1.165) is 22.2 Å². The molecule has 0 spiro atoms. The highest BCUT2D eigenvalue weighted by atomic mass is 32.1. The maximum Gasteiger partial charge on any atom is 0.240 e. The molecular formula is C23H24N2O4S. The maximum atomic E-state index is 12.5. The molecule has 1 N–H and O–H groups in total. The molecule has 2 aromatic carbocycles. The van der Waals surface area contributed by atoms with Crippen molar-refractivity contribution in [3.63, 3.8) is 0 Å². The third-order valence-electron chi connectivity index (χ3n) is 4.71. The van der Waals surface area contributed by atoms with Gasteiger partial charge in [0.25, 0.3) is 0 Å². The SMILES string of the molecule is COCc1ccc(C(=O)CCC(=O)N/N=C(\C)c2csc3ccccc23)cc1OC. The van der Waals surface area contributed by atoms with Gasteiger partial charge in [-0.1, -0.05) is 30.3 Å². The van der Waals surface area contributed by atoms with Gasteiger partial charge in [-0.3, -0.25) is 9.59 Å². The number of fused-ring (bicyclic) bond motifs is 1. The molecule has 7 heteroatoms. The minimum absolute atomic E-state index is 0.0577. The summed E-state index contributed by atoms with van der Waals surface area (Å²) in [7, 11) is 3.15. The molecule has 3 aromatic rings. The average molecular weight is 425 g/mol. The Morgan fingerprint density at radius 2 is 1.90 bits per heavy atom. The van der Waals surface area contributed by atoms with E-state index in [9.17, 15) is 9.59 Å². The second-order valence-corrected chi connectivity index (χ2v) is 7.67. The first-order chi connectivity index (χ1) is 14.5. The molecule has 0 saturated carbocycles. The predicted molar refractivity (Wildman–Crippen MR) is 119 cm³/mol. The Morgan fingerprint density at radius 3 is 2.67 bits per heavy atom. The minimum atomic E-state index is -0.301. The summed E-state index contributed by atoms with van der Waals surface area (Å²) < 4.78 is 11.6. The summed E-state index contributed by atoms with van der Waals surface area (Å²) in [4.78, 5) is 24.6. The van der Waals surface area contributed by atoms with Crippen molar-refractivity contribution in [2.75, 3.05) is 14.2 Å². The molecule has 0 atom stereocenters. The number of thiophene rings is 1. The molecule has 3 rings (SSSR count). The van der Waals surface area contributed by atoms with Crippen LogP contribution in [0.1, 0.15) is 41.3 Å². The second-order valence-electron chi connectivity index (χ2n) is 6.76. The van der Waals surface area contributed by atoms with Crippen LogP contribution in [0.25, 0.3) is 10.1 Å². The summed E-state index contributed by atoms with van der Waals surface area (Å²) in [5, 5.41) is 7.34. The molecule has 0 bridgehead atoms. The van der Waals surface area contributed by atoms with Gasteiger partial charge >= 0.3 is 0 Å². The molecule has 0 aliphatic carbocycles. The van der Waals surface area contributed by atoms with Gasteiger partial charge in [0.05, 0.1) is 19.4 Å². The molecule has 1 heterocycles. The van der Waals surface area contributed by atoms with E-state index in [0.29, 0.717) is 17.9 Å². The number of carbonyl (C=O) groups is 2. The van der Waals surface area contributed by atoms with Crippen LogP contribution in [0.4, 0.5) is 0 Å². The van der Waals surface area contributed by atoms with Gasteiger partial charge in [0.2, 0.25) is 5.91 Å². The van der Waals surface area contributed by atoms with Crippen LogP contribution in [0.15, 0.2) is 52.9 Å². The first kappa shape index (κ1) is 21.7. The number of hydrogen-bond acceptors (Lipinski definition) is 6. The van der Waals surface area contributed by atoms with E-state index in [-0.39, 0.29) is 24.5 Å². The van der Waals surface area contributed by atoms with Crippen LogP contribution in [0.5, 0.6) is 5.75 Å². The Bertz CT molecular complexity index is 1090. The first-order valence-electron chi connectivity index (χ1n) is 9.52. The molecule has 6 nitrogen and oxygen atoms in total. The third-order valence-corrected chi connectivity index (χ3v) is 5.67. The molecule has 0 fully saturated rings. The van der Waals surface area contributed by atoms with Crippen LogP contribution in [0, 0.1) is 0 Å². The quantitative estimate of drug-likeness (QED) is 0.310. The molecule has 30 heavy (non-hydrogen) atoms. The Hall–Kier alpha value is -3.03. The summed E-state index contributed by atoms with van der Waals surface area (Å²) in [5.74, 6) is 0.164. The number of benzene rings is 2. The molecule has 1 amide bonds. The molecule has 0 aliphatic rings. The number of rotatable bonds is 9. The Balaban J connectivity index is 1.57. The van der Waals surface area contributed by atoms with Gasteiger partial charge in [-0.15, -0.1) is 11.3 Å². The average Bonchev–Trinajstić information content (AvgIpc) is 3.20. The highest BCUT2D eigenvalue weighted by molar-refractivity contribution is 7.17. The van der Waals surface area contributed by atoms with Crippen molar-refractivity contribution in [3.05, 3.63) is 64.5 Å². The number of hydrazone groups is 1. The monoisotopic (exact) mass is 424 g/mol. The van der Waals surface area contributed by atoms with E-state index >= 15 is 0 Å². The number of carbonyl (C=O) groups excluding carboxylic acids is 2. The van der Waals surface area contributed by atoms with Gasteiger partial charge in [0.15, 0.2) is 5.78 Å². The highest BCUT2D eigenvalue weighted by Crippen LogP contribution is 2.26. The largest absolute Gasteiger partial charge is 0.496 e. The van der Waals surface area contributed by atoms with Crippen molar-refractivity contribution < 1.29 is 19.1 Å². The van der Waals surface area contributed by atoms with Crippen molar-refractivity contribution in [3.8, 4) is 5.75 Å². The van der Waals surface area contributed by atoms with Crippen molar-refractivity contribution >= 4 is 38.8 Å². The van der Waals surface area contributed by atoms with Crippen molar-refractivity contribution in [2.45, 2.75) is 26.4 Å². The van der Waals surface area contributed by atoms with Gasteiger partial charge < -0.3 is 9.47 Å². The van der Waals surface area contributed by atoms with Crippen molar-refractivity contribution in [2.24, 2.45) is 5.10 Å². The topological polar surface area (TPSA) is 77.0 Å². The van der Waals surface area contributed by atoms with Crippen LogP contribution >= 0.6 is 11.3 Å². The number of ether oxygens (including phenoxy) is 2. The normalized spacial score (nSPS) is 11.5. The van der Waals surface area contributed by atoms with Crippen molar-refractivity contribution in [1.82, 2.24) is 5.43 Å². The Labute approximate surface area is 179 Å². The number of ketones is 1. The fraction of sp³-hybridized carbons (Fsp3) is 0.261. The van der Waals surface area contributed by atoms with E-state index in [1.165, 1.54) is 4.70 Å². The Morgan fingerprint density at radius 1 is 1.10 bits per heavy atom. The lowest BCUT2D eigenvalue weighted by Gasteiger charge is -2.09. The van der Waals surface area contributed by atoms with E-state index < -0.39 is 0 Å². The number of hydrogen-bond donors (Lipinski definition) is 1. The van der Waals surface area contributed by atoms with Crippen molar-refractivity contribution in [1.29, 1.82) is 0 Å². The molecule has 0 saturated heterocycles. The second kappa shape index (κ2) is 10.1. The fourth-order valence-corrected chi connectivity index (χ4v) is 4.09. The van der Waals surface area contributed by atoms with E-state index in [4.69, 9.17) is 9.47 Å². The van der Waals surface area contributed by atoms with Crippen LogP contribution in [-0.2, 0) is 16.1 Å². The molecule has 1 aromatic heterocycles. The van der Waals surface area contributed by atoms with Gasteiger partial charge in [0, 0.05) is 52.1 Å². The number of nitrogens with zero attached hydrogens (tertiary/aromatic N) is 1.